The number of benzene rings is 5. The molecule has 0 radical (unpaired) electrons. The quantitative estimate of drug-likeness (QED) is 0.169. The number of para-hydroxylation sites is 1. The Morgan fingerprint density at radius 3 is 1.98 bits per heavy atom. The summed E-state index contributed by atoms with van der Waals surface area (Å²) in [6.45, 7) is 1.95. The first-order valence-corrected chi connectivity index (χ1v) is 13.5. The topological polar surface area (TPSA) is 13.1 Å². The number of furan rings is 1. The summed E-state index contributed by atoms with van der Waals surface area (Å²) in [5.41, 5.74) is -5.96. The van der Waals surface area contributed by atoms with Gasteiger partial charge in [-0.25, -0.2) is 0 Å². The van der Waals surface area contributed by atoms with Gasteiger partial charge in [0.15, 0.2) is 0 Å². The molecule has 6 aromatic rings. The number of fused-ring (bicyclic) bond motifs is 3. The lowest BCUT2D eigenvalue weighted by molar-refractivity contribution is 0.669. The maximum atomic E-state index is 9.69. The number of allylic oxidation sites excluding steroid dienone is 4. The van der Waals surface area contributed by atoms with E-state index in [4.69, 9.17) is 26.3 Å². The van der Waals surface area contributed by atoms with E-state index in [1.165, 1.54) is 12.1 Å². The van der Waals surface area contributed by atoms with Crippen LogP contribution < -0.4 is 0 Å². The van der Waals surface area contributed by atoms with Gasteiger partial charge in [0.25, 0.3) is 0 Å². The molecule has 0 amide bonds. The summed E-state index contributed by atoms with van der Waals surface area (Å²) in [6, 6.07) is -3.73. The van der Waals surface area contributed by atoms with Gasteiger partial charge in [-0.15, -0.1) is 0 Å². The molecule has 216 valence electrons. The van der Waals surface area contributed by atoms with Gasteiger partial charge in [0.2, 0.25) is 0 Å². The molecule has 0 fully saturated rings. The molecule has 0 spiro atoms. The highest BCUT2D eigenvalue weighted by molar-refractivity contribution is 6.18. The van der Waals surface area contributed by atoms with Crippen molar-refractivity contribution in [3.63, 3.8) is 0 Å². The fourth-order valence-corrected chi connectivity index (χ4v) is 5.59. The minimum absolute atomic E-state index is 0.0894. The molecule has 7 rings (SSSR count). The Hall–Kier alpha value is -5.66. The van der Waals surface area contributed by atoms with E-state index in [1.54, 1.807) is 24.3 Å². The molecule has 1 aliphatic rings. The Morgan fingerprint density at radius 1 is 0.689 bits per heavy atom. The third-order valence-electron chi connectivity index (χ3n) is 7.40. The molecule has 1 aromatic heterocycles. The zero-order valence-electron chi connectivity index (χ0n) is 45.3. The van der Waals surface area contributed by atoms with E-state index in [-0.39, 0.29) is 27.7 Å². The van der Waals surface area contributed by atoms with E-state index in [9.17, 15) is 8.22 Å². The maximum Gasteiger partial charge on any atom is 0.136 e. The van der Waals surface area contributed by atoms with Crippen LogP contribution in [0.25, 0.3) is 79.5 Å². The lowest BCUT2D eigenvalue weighted by Crippen LogP contribution is -2.05. The van der Waals surface area contributed by atoms with Gasteiger partial charge in [0.05, 0.1) is 27.4 Å². The van der Waals surface area contributed by atoms with Crippen LogP contribution in [0.15, 0.2) is 140 Å². The van der Waals surface area contributed by atoms with Crippen molar-refractivity contribution >= 4 is 57.3 Å². The Balaban J connectivity index is 1.88. The first-order valence-electron chi connectivity index (χ1n) is 24.9. The molecule has 1 aliphatic carbocycles. The van der Waals surface area contributed by atoms with E-state index >= 15 is 0 Å². The fourth-order valence-electron chi connectivity index (χ4n) is 5.59. The highest BCUT2D eigenvalue weighted by atomic mass is 16.3. The Labute approximate surface area is 296 Å². The van der Waals surface area contributed by atoms with Gasteiger partial charge >= 0.3 is 0 Å². The molecule has 0 saturated heterocycles. The van der Waals surface area contributed by atoms with Gasteiger partial charge in [0, 0.05) is 19.1 Å². The summed E-state index contributed by atoms with van der Waals surface area (Å²) in [7, 11) is 0. The smallest absolute Gasteiger partial charge is 0.136 e. The molecule has 0 bridgehead atoms. The van der Waals surface area contributed by atoms with Gasteiger partial charge in [-0.2, -0.15) is 0 Å². The highest BCUT2D eigenvalue weighted by Crippen LogP contribution is 2.49. The van der Waals surface area contributed by atoms with Crippen LogP contribution in [0.1, 0.15) is 76.3 Å². The summed E-state index contributed by atoms with van der Waals surface area (Å²) in [6.07, 6.45) is -4.10. The number of hydrogen-bond donors (Lipinski definition) is 0. The molecule has 2 atom stereocenters. The molecule has 1 heterocycles. The first-order chi connectivity index (χ1) is 31.6. The monoisotopic (exact) mass is 600 g/mol. The highest BCUT2D eigenvalue weighted by Gasteiger charge is 2.27. The largest absolute Gasteiger partial charge is 0.456 e. The standard InChI is InChI=1S/C44H34O/c1-5-33-35(7-3)42(36(8-4)34(6-2)41(33)32-23-17-22-31(28-32)29-18-11-9-12-19-29)44-37(30-20-13-10-14-21-30)26-27-40-43(44)38-24-15-16-25-39(38)45-40/h5-16,18-22,24-28H,1-4,17,23H2/i1D,2D,3D,4D,5D,6D,7D,8D,9D,10D,11D,12D,13D,14D,17D,18D,19D,20D,21D,22D,23D,28D. The lowest BCUT2D eigenvalue weighted by atomic mass is 9.77. The van der Waals surface area contributed by atoms with Gasteiger partial charge in [-0.3, -0.25) is 0 Å². The summed E-state index contributed by atoms with van der Waals surface area (Å²) in [5.74, 6) is 0. The van der Waals surface area contributed by atoms with Crippen molar-refractivity contribution in [2.75, 3.05) is 0 Å². The van der Waals surface area contributed by atoms with Crippen LogP contribution in [0.4, 0.5) is 0 Å². The molecule has 2 unspecified atom stereocenters. The Bertz CT molecular complexity index is 3210. The van der Waals surface area contributed by atoms with Crippen LogP contribution in [0, 0.1) is 0 Å². The fraction of sp³-hybridized carbons (Fsp3) is 0.0455. The van der Waals surface area contributed by atoms with Gasteiger partial charge in [0.1, 0.15) is 11.2 Å². The van der Waals surface area contributed by atoms with Crippen LogP contribution in [-0.2, 0) is 0 Å². The SMILES string of the molecule is [2H]C=C([2H])c1c(C2=C([2H])C(c3c([2H])c([2H])c([2H])c([2H])c3[2H])=C([2H])C([2H])C2[2H])c(C([2H])=C[2H])c(C([2H])=C[2H])c(-c2c(-c3c([2H])c([2H])c([2H])c([2H])c3[2H])ccc3oc4ccccc4c23)c1C([2H])=C[2H]. The normalized spacial score (nSPS) is 25.4. The van der Waals surface area contributed by atoms with Crippen molar-refractivity contribution in [3.8, 4) is 22.3 Å². The predicted octanol–water partition coefficient (Wildman–Crippen LogP) is 12.8. The van der Waals surface area contributed by atoms with Crippen LogP contribution in [0.5, 0.6) is 0 Å². The van der Waals surface area contributed by atoms with Crippen molar-refractivity contribution in [1.82, 2.24) is 0 Å². The summed E-state index contributed by atoms with van der Waals surface area (Å²) < 4.78 is 201. The summed E-state index contributed by atoms with van der Waals surface area (Å²) >= 11 is 0. The van der Waals surface area contributed by atoms with Crippen LogP contribution in [0.3, 0.4) is 0 Å². The minimum Gasteiger partial charge on any atom is -0.456 e. The minimum atomic E-state index is -2.07. The zero-order valence-corrected chi connectivity index (χ0v) is 23.3. The molecule has 5 aromatic carbocycles. The van der Waals surface area contributed by atoms with Gasteiger partial charge in [-0.05, 0) is 86.1 Å². The van der Waals surface area contributed by atoms with Gasteiger partial charge in [-0.1, -0.05) is 147 Å². The zero-order chi connectivity index (χ0) is 49.4. The van der Waals surface area contributed by atoms with E-state index < -0.39 is 165 Å². The lowest BCUT2D eigenvalue weighted by Gasteiger charge is -2.26. The molecule has 0 saturated carbocycles. The second-order valence-electron chi connectivity index (χ2n) is 9.68. The molecular formula is C44H34O. The van der Waals surface area contributed by atoms with Crippen LogP contribution >= 0.6 is 0 Å². The molecular weight excluding hydrogens is 544 g/mol. The first kappa shape index (κ1) is 12.8. The average molecular weight is 601 g/mol. The summed E-state index contributed by atoms with van der Waals surface area (Å²) in [5, 5.41) is 0.430. The van der Waals surface area contributed by atoms with Crippen molar-refractivity contribution in [2.24, 2.45) is 0 Å². The molecule has 0 N–H and O–H groups in total. The third-order valence-corrected chi connectivity index (χ3v) is 7.40. The van der Waals surface area contributed by atoms with E-state index in [1.807, 2.05) is 0 Å². The van der Waals surface area contributed by atoms with Crippen molar-refractivity contribution in [1.29, 1.82) is 0 Å². The third kappa shape index (κ3) is 4.65. The van der Waals surface area contributed by atoms with Crippen molar-refractivity contribution < 1.29 is 34.6 Å². The van der Waals surface area contributed by atoms with E-state index in [0.29, 0.717) is 31.6 Å². The van der Waals surface area contributed by atoms with E-state index in [2.05, 4.69) is 0 Å². The Kier molecular flexibility index (Phi) is 3.34. The summed E-state index contributed by atoms with van der Waals surface area (Å²) in [4.78, 5) is 0. The maximum absolute atomic E-state index is 9.69. The van der Waals surface area contributed by atoms with Gasteiger partial charge < -0.3 is 4.42 Å². The predicted molar refractivity (Wildman–Crippen MR) is 197 cm³/mol. The Morgan fingerprint density at radius 2 is 1.31 bits per heavy atom. The molecule has 1 nitrogen and oxygen atoms in total. The number of hydrogen-bond acceptors (Lipinski definition) is 1. The van der Waals surface area contributed by atoms with Crippen molar-refractivity contribution in [2.45, 2.75) is 12.8 Å². The van der Waals surface area contributed by atoms with Crippen molar-refractivity contribution in [3.05, 3.63) is 169 Å². The van der Waals surface area contributed by atoms with Crippen LogP contribution in [-0.4, -0.2) is 0 Å². The molecule has 1 heteroatoms. The molecule has 45 heavy (non-hydrogen) atoms. The van der Waals surface area contributed by atoms with E-state index in [0.717, 1.165) is 0 Å². The second-order valence-corrected chi connectivity index (χ2v) is 9.68. The molecule has 0 aliphatic heterocycles. The average Bonchev–Trinajstić information content (AvgIpc) is 3.71. The second kappa shape index (κ2) is 11.8. The van der Waals surface area contributed by atoms with Crippen LogP contribution in [0.2, 0.25) is 0 Å². The number of rotatable bonds is 8.